The summed E-state index contributed by atoms with van der Waals surface area (Å²) in [6, 6.07) is 10.8. The van der Waals surface area contributed by atoms with Crippen molar-refractivity contribution in [3.05, 3.63) is 84.6 Å². The van der Waals surface area contributed by atoms with E-state index in [-0.39, 0.29) is 5.78 Å². The van der Waals surface area contributed by atoms with Crippen molar-refractivity contribution < 1.29 is 4.79 Å². The molecule has 5 heteroatoms. The summed E-state index contributed by atoms with van der Waals surface area (Å²) in [6.45, 7) is 24.7. The molecule has 1 aromatic rings. The van der Waals surface area contributed by atoms with Gasteiger partial charge in [-0.2, -0.15) is 0 Å². The molecular weight excluding hydrogens is 510 g/mol. The van der Waals surface area contributed by atoms with Gasteiger partial charge >= 0.3 is 0 Å². The number of nitrogens with one attached hydrogen (secondary N) is 1. The van der Waals surface area contributed by atoms with Crippen LogP contribution in [0.3, 0.4) is 0 Å². The first-order valence-electron chi connectivity index (χ1n) is 13.4. The average molecular weight is 563 g/mol. The molecule has 1 aliphatic rings. The number of carbonyl (C=O) groups excluding carboxylic acids is 1. The Kier molecular flexibility index (Phi) is 26.3. The maximum Gasteiger partial charge on any atom is 0.161 e. The third kappa shape index (κ3) is 16.7. The first kappa shape index (κ1) is 36.2. The second-order valence-corrected chi connectivity index (χ2v) is 7.79. The normalized spacial score (nSPS) is 14.4. The topological polar surface area (TPSA) is 35.6 Å². The number of halogens is 1. The average Bonchev–Trinajstić information content (AvgIpc) is 3.16. The zero-order valence-corrected chi connectivity index (χ0v) is 25.4. The molecule has 0 aliphatic carbocycles. The monoisotopic (exact) mass is 561 g/mol. The van der Waals surface area contributed by atoms with Gasteiger partial charge in [-0.05, 0) is 62.8 Å². The van der Waals surface area contributed by atoms with E-state index in [1.807, 2.05) is 45.8 Å². The Balaban J connectivity index is 0. The summed E-state index contributed by atoms with van der Waals surface area (Å²) in [4.78, 5) is 17.0. The number of rotatable bonds is 12. The van der Waals surface area contributed by atoms with Crippen molar-refractivity contribution in [1.29, 1.82) is 0 Å². The van der Waals surface area contributed by atoms with Crippen molar-refractivity contribution in [3.8, 4) is 0 Å². The van der Waals surface area contributed by atoms with Gasteiger partial charge in [0.1, 0.15) is 0 Å². The van der Waals surface area contributed by atoms with Gasteiger partial charge < -0.3 is 10.2 Å². The quantitative estimate of drug-likeness (QED) is 0.125. The second-order valence-electron chi connectivity index (χ2n) is 7.79. The third-order valence-corrected chi connectivity index (χ3v) is 5.43. The molecular formula is C31H52BrN3O. The van der Waals surface area contributed by atoms with Crippen LogP contribution in [0.2, 0.25) is 0 Å². The Labute approximate surface area is 231 Å². The van der Waals surface area contributed by atoms with Crippen LogP contribution in [0.25, 0.3) is 0 Å². The summed E-state index contributed by atoms with van der Waals surface area (Å²) in [7, 11) is 0. The minimum atomic E-state index is 0.0279. The van der Waals surface area contributed by atoms with Crippen molar-refractivity contribution in [1.82, 2.24) is 15.1 Å². The highest BCUT2D eigenvalue weighted by atomic mass is 79.9. The molecule has 1 aliphatic heterocycles. The molecule has 0 bridgehead atoms. The van der Waals surface area contributed by atoms with E-state index in [0.717, 1.165) is 51.1 Å². The predicted octanol–water partition coefficient (Wildman–Crippen LogP) is 7.40. The lowest BCUT2D eigenvalue weighted by molar-refractivity contribution is -0.113. The molecule has 0 atom stereocenters. The molecule has 1 fully saturated rings. The summed E-state index contributed by atoms with van der Waals surface area (Å²) >= 11 is 2.94. The molecule has 204 valence electrons. The number of ketones is 1. The van der Waals surface area contributed by atoms with Gasteiger partial charge in [-0.1, -0.05) is 105 Å². The van der Waals surface area contributed by atoms with Crippen LogP contribution in [-0.4, -0.2) is 60.7 Å². The van der Waals surface area contributed by atoms with Crippen LogP contribution < -0.4 is 5.32 Å². The first-order chi connectivity index (χ1) is 17.6. The summed E-state index contributed by atoms with van der Waals surface area (Å²) in [5.74, 6) is 1.84. The highest BCUT2D eigenvalue weighted by Crippen LogP contribution is 2.12. The van der Waals surface area contributed by atoms with Crippen LogP contribution in [0, 0.1) is 0 Å². The Hall–Kier alpha value is -1.95. The lowest BCUT2D eigenvalue weighted by atomic mass is 10.0. The number of allylic oxidation sites excluding steroid dienone is 5. The highest BCUT2D eigenvalue weighted by Gasteiger charge is 2.14. The summed E-state index contributed by atoms with van der Waals surface area (Å²) in [5, 5.41) is 3.29. The standard InChI is InChI=1S/C26H37N3O.2C2H6.CH3Br/c1-4-12-25(5-2)26(23(3)30)21-27-15-9-10-16-28-17-11-18-29(20-19-28)22-24-13-7-6-8-14-24;3*1-2/h4-8,12-14,21,27H,1-2,9-11,15-20,22H2,3H3;2*1-2H3;1H3/b25-12+,26-21-;;;. The second kappa shape index (κ2) is 26.1. The number of benzene rings is 1. The maximum absolute atomic E-state index is 11.9. The zero-order chi connectivity index (χ0) is 27.6. The largest absolute Gasteiger partial charge is 0.390 e. The van der Waals surface area contributed by atoms with Gasteiger partial charge in [0, 0.05) is 38.0 Å². The number of Topliss-reactive ketones (excluding diaryl/α,β-unsaturated/α-hetero) is 1. The Morgan fingerprint density at radius 2 is 1.58 bits per heavy atom. The Bertz CT molecular complexity index is 743. The summed E-state index contributed by atoms with van der Waals surface area (Å²) in [5.41, 5.74) is 2.85. The molecule has 1 heterocycles. The number of unbranched alkanes of at least 4 members (excludes halogenated alkanes) is 1. The molecule has 0 saturated carbocycles. The molecule has 4 nitrogen and oxygen atoms in total. The lowest BCUT2D eigenvalue weighted by Crippen LogP contribution is -2.31. The van der Waals surface area contributed by atoms with Gasteiger partial charge in [0.2, 0.25) is 0 Å². The van der Waals surface area contributed by atoms with Crippen LogP contribution in [-0.2, 0) is 11.3 Å². The molecule has 0 unspecified atom stereocenters. The van der Waals surface area contributed by atoms with Gasteiger partial charge in [0.05, 0.1) is 0 Å². The van der Waals surface area contributed by atoms with E-state index in [2.05, 4.69) is 74.5 Å². The fraction of sp³-hybridized carbons (Fsp3) is 0.516. The van der Waals surface area contributed by atoms with E-state index in [1.54, 1.807) is 19.1 Å². The third-order valence-electron chi connectivity index (χ3n) is 5.43. The van der Waals surface area contributed by atoms with E-state index < -0.39 is 0 Å². The minimum absolute atomic E-state index is 0.0279. The van der Waals surface area contributed by atoms with Crippen molar-refractivity contribution in [3.63, 3.8) is 0 Å². The Morgan fingerprint density at radius 3 is 2.17 bits per heavy atom. The minimum Gasteiger partial charge on any atom is -0.390 e. The van der Waals surface area contributed by atoms with Crippen LogP contribution in [0.1, 0.15) is 59.4 Å². The van der Waals surface area contributed by atoms with E-state index >= 15 is 0 Å². The fourth-order valence-electron chi connectivity index (χ4n) is 3.77. The maximum atomic E-state index is 11.9. The van der Waals surface area contributed by atoms with Crippen molar-refractivity contribution >= 4 is 21.7 Å². The fourth-order valence-corrected chi connectivity index (χ4v) is 3.77. The van der Waals surface area contributed by atoms with Crippen LogP contribution in [0.15, 0.2) is 79.1 Å². The van der Waals surface area contributed by atoms with Crippen LogP contribution in [0.5, 0.6) is 0 Å². The molecule has 36 heavy (non-hydrogen) atoms. The van der Waals surface area contributed by atoms with Gasteiger partial charge in [-0.15, -0.1) is 0 Å². The molecule has 0 spiro atoms. The molecule has 0 aromatic heterocycles. The lowest BCUT2D eigenvalue weighted by Gasteiger charge is -2.21. The SMILES string of the molecule is C=C/C=C(C=C)/C(=C\NCCCCN1CCCN(Cc2ccccc2)CC1)C(C)=O.CBr.CC.CC. The molecule has 2 rings (SSSR count). The Morgan fingerprint density at radius 1 is 0.972 bits per heavy atom. The number of hydrogen-bond acceptors (Lipinski definition) is 4. The predicted molar refractivity (Wildman–Crippen MR) is 165 cm³/mol. The number of nitrogens with zero attached hydrogens (tertiary/aromatic N) is 2. The van der Waals surface area contributed by atoms with Gasteiger partial charge in [-0.3, -0.25) is 9.69 Å². The molecule has 1 N–H and O–H groups in total. The van der Waals surface area contributed by atoms with Gasteiger partial charge in [-0.25, -0.2) is 0 Å². The van der Waals surface area contributed by atoms with Crippen molar-refractivity contribution in [2.24, 2.45) is 0 Å². The van der Waals surface area contributed by atoms with E-state index in [1.165, 1.54) is 25.1 Å². The molecule has 1 aromatic carbocycles. The summed E-state index contributed by atoms with van der Waals surface area (Å²) < 4.78 is 0. The number of carbonyl (C=O) groups is 1. The molecule has 0 amide bonds. The molecule has 1 saturated heterocycles. The van der Waals surface area contributed by atoms with E-state index in [4.69, 9.17) is 0 Å². The van der Waals surface area contributed by atoms with Crippen molar-refractivity contribution in [2.75, 3.05) is 45.1 Å². The van der Waals surface area contributed by atoms with E-state index in [9.17, 15) is 4.79 Å². The van der Waals surface area contributed by atoms with Crippen LogP contribution >= 0.6 is 15.9 Å². The van der Waals surface area contributed by atoms with Gasteiger partial charge in [0.25, 0.3) is 0 Å². The summed E-state index contributed by atoms with van der Waals surface area (Å²) in [6.07, 6.45) is 10.5. The number of alkyl halides is 1. The van der Waals surface area contributed by atoms with Crippen molar-refractivity contribution in [2.45, 2.75) is 60.4 Å². The first-order valence-corrected chi connectivity index (χ1v) is 15.0. The zero-order valence-electron chi connectivity index (χ0n) is 23.9. The van der Waals surface area contributed by atoms with Crippen LogP contribution in [0.4, 0.5) is 0 Å². The highest BCUT2D eigenvalue weighted by molar-refractivity contribution is 9.08. The van der Waals surface area contributed by atoms with Gasteiger partial charge in [0.15, 0.2) is 5.78 Å². The smallest absolute Gasteiger partial charge is 0.161 e. The number of hydrogen-bond donors (Lipinski definition) is 1. The van der Waals surface area contributed by atoms with E-state index in [0.29, 0.717) is 5.57 Å². The molecule has 0 radical (unpaired) electrons.